The topological polar surface area (TPSA) is 117 Å². The summed E-state index contributed by atoms with van der Waals surface area (Å²) < 4.78 is 5.53. The summed E-state index contributed by atoms with van der Waals surface area (Å²) in [6.45, 7) is 5.27. The monoisotopic (exact) mass is 289 g/mol. The molecule has 0 atom stereocenters. The number of ether oxygens (including phenoxy) is 1. The molecule has 8 nitrogen and oxygen atoms in total. The van der Waals surface area contributed by atoms with Gasteiger partial charge in [0.25, 0.3) is 0 Å². The van der Waals surface area contributed by atoms with E-state index in [1.165, 1.54) is 19.3 Å². The number of nitrogens with zero attached hydrogens (tertiary/aromatic N) is 4. The number of hydrogen-bond acceptors (Lipinski definition) is 7. The quantitative estimate of drug-likeness (QED) is 0.676. The van der Waals surface area contributed by atoms with Crippen molar-refractivity contribution in [3.63, 3.8) is 0 Å². The van der Waals surface area contributed by atoms with Crippen molar-refractivity contribution in [2.24, 2.45) is 0 Å². The Bertz CT molecular complexity index is 688. The summed E-state index contributed by atoms with van der Waals surface area (Å²) in [6.07, 6.45) is 2.97. The van der Waals surface area contributed by atoms with E-state index in [0.29, 0.717) is 11.3 Å². The van der Waals surface area contributed by atoms with Crippen LogP contribution in [0.5, 0.6) is 5.75 Å². The zero-order chi connectivity index (χ0) is 15.6. The maximum atomic E-state index is 11.2. The van der Waals surface area contributed by atoms with Gasteiger partial charge in [-0.15, -0.1) is 0 Å². The minimum absolute atomic E-state index is 0.0247. The van der Waals surface area contributed by atoms with Gasteiger partial charge in [0, 0.05) is 11.8 Å². The Hall–Kier alpha value is -2.77. The van der Waals surface area contributed by atoms with E-state index in [-0.39, 0.29) is 29.1 Å². The Labute approximate surface area is 121 Å². The number of anilines is 1. The highest BCUT2D eigenvalue weighted by Gasteiger charge is 2.23. The number of nitrogens with two attached hydrogens (primary N) is 1. The minimum atomic E-state index is -0.528. The third kappa shape index (κ3) is 3.22. The molecule has 0 saturated carbocycles. The number of pyridine rings is 1. The largest absolute Gasteiger partial charge is 0.489 e. The summed E-state index contributed by atoms with van der Waals surface area (Å²) in [4.78, 5) is 22.5. The van der Waals surface area contributed by atoms with Crippen LogP contribution < -0.4 is 10.5 Å². The van der Waals surface area contributed by atoms with E-state index in [4.69, 9.17) is 10.5 Å². The van der Waals surface area contributed by atoms with Gasteiger partial charge in [0.15, 0.2) is 5.69 Å². The highest BCUT2D eigenvalue weighted by molar-refractivity contribution is 5.71. The molecule has 0 aliphatic carbocycles. The van der Waals surface area contributed by atoms with Crippen LogP contribution in [0.1, 0.15) is 19.5 Å². The zero-order valence-corrected chi connectivity index (χ0v) is 11.9. The molecular weight excluding hydrogens is 274 g/mol. The molecule has 21 heavy (non-hydrogen) atoms. The minimum Gasteiger partial charge on any atom is -0.489 e. The van der Waals surface area contributed by atoms with E-state index in [2.05, 4.69) is 15.0 Å². The Morgan fingerprint density at radius 3 is 2.67 bits per heavy atom. The number of rotatable bonds is 4. The first kappa shape index (κ1) is 14.6. The summed E-state index contributed by atoms with van der Waals surface area (Å²) in [6, 6.07) is 1.64. The molecule has 0 aliphatic heterocycles. The van der Waals surface area contributed by atoms with Crippen LogP contribution in [0.2, 0.25) is 0 Å². The van der Waals surface area contributed by atoms with Crippen LogP contribution in [-0.4, -0.2) is 26.0 Å². The number of aromatic nitrogens is 3. The van der Waals surface area contributed by atoms with Crippen molar-refractivity contribution in [3.05, 3.63) is 34.3 Å². The van der Waals surface area contributed by atoms with E-state index in [1.54, 1.807) is 6.07 Å². The third-order valence-corrected chi connectivity index (χ3v) is 2.62. The van der Waals surface area contributed by atoms with Crippen molar-refractivity contribution < 1.29 is 9.66 Å². The molecule has 0 radical (unpaired) electrons. The lowest BCUT2D eigenvalue weighted by Gasteiger charge is -2.10. The Morgan fingerprint density at radius 2 is 2.05 bits per heavy atom. The number of aryl methyl sites for hydroxylation is 1. The number of nitro groups is 1. The molecule has 0 aliphatic rings. The lowest BCUT2D eigenvalue weighted by molar-refractivity contribution is -0.385. The zero-order valence-electron chi connectivity index (χ0n) is 11.9. The first-order valence-corrected chi connectivity index (χ1v) is 6.29. The molecule has 2 N–H and O–H groups in total. The number of hydrogen-bond donors (Lipinski definition) is 1. The van der Waals surface area contributed by atoms with Crippen molar-refractivity contribution in [1.82, 2.24) is 15.0 Å². The fourth-order valence-electron chi connectivity index (χ4n) is 1.89. The average Bonchev–Trinajstić information content (AvgIpc) is 2.36. The van der Waals surface area contributed by atoms with Crippen LogP contribution in [0.4, 0.5) is 11.6 Å². The smallest absolute Gasteiger partial charge is 0.316 e. The van der Waals surface area contributed by atoms with Gasteiger partial charge in [-0.3, -0.25) is 15.1 Å². The molecular formula is C13H15N5O3. The SMILES string of the molecule is Cc1nc(N)nc(-c2cncc(OC(C)C)c2)c1[N+](=O)[O-]. The Kier molecular flexibility index (Phi) is 3.97. The van der Waals surface area contributed by atoms with Gasteiger partial charge in [-0.2, -0.15) is 0 Å². The van der Waals surface area contributed by atoms with E-state index < -0.39 is 4.92 Å². The molecule has 2 rings (SSSR count). The molecule has 8 heteroatoms. The van der Waals surface area contributed by atoms with Crippen LogP contribution in [0.3, 0.4) is 0 Å². The lowest BCUT2D eigenvalue weighted by Crippen LogP contribution is -2.07. The Balaban J connectivity index is 2.58. The maximum absolute atomic E-state index is 11.2. The predicted octanol–water partition coefficient (Wildman–Crippen LogP) is 2.12. The molecule has 0 unspecified atom stereocenters. The van der Waals surface area contributed by atoms with Gasteiger partial charge in [-0.25, -0.2) is 9.97 Å². The summed E-state index contributed by atoms with van der Waals surface area (Å²) in [5, 5.41) is 11.2. The molecule has 0 aromatic carbocycles. The van der Waals surface area contributed by atoms with Gasteiger partial charge in [0.05, 0.1) is 17.2 Å². The fraction of sp³-hybridized carbons (Fsp3) is 0.308. The molecule has 110 valence electrons. The Morgan fingerprint density at radius 1 is 1.33 bits per heavy atom. The van der Waals surface area contributed by atoms with Gasteiger partial charge in [-0.1, -0.05) is 0 Å². The van der Waals surface area contributed by atoms with Crippen molar-refractivity contribution in [2.45, 2.75) is 26.9 Å². The van der Waals surface area contributed by atoms with Crippen LogP contribution >= 0.6 is 0 Å². The van der Waals surface area contributed by atoms with E-state index >= 15 is 0 Å². The van der Waals surface area contributed by atoms with Crippen molar-refractivity contribution in [3.8, 4) is 17.0 Å². The molecule has 0 amide bonds. The van der Waals surface area contributed by atoms with E-state index in [1.807, 2.05) is 13.8 Å². The second kappa shape index (κ2) is 5.70. The molecule has 0 fully saturated rings. The molecule has 2 aromatic heterocycles. The average molecular weight is 289 g/mol. The molecule has 2 heterocycles. The summed E-state index contributed by atoms with van der Waals surface area (Å²) in [5.41, 5.74) is 6.19. The lowest BCUT2D eigenvalue weighted by atomic mass is 10.1. The van der Waals surface area contributed by atoms with Crippen LogP contribution in [0.15, 0.2) is 18.5 Å². The highest BCUT2D eigenvalue weighted by atomic mass is 16.6. The summed E-state index contributed by atoms with van der Waals surface area (Å²) in [7, 11) is 0. The third-order valence-electron chi connectivity index (χ3n) is 2.62. The van der Waals surface area contributed by atoms with Gasteiger partial charge in [-0.05, 0) is 26.8 Å². The summed E-state index contributed by atoms with van der Waals surface area (Å²) in [5.74, 6) is 0.481. The molecule has 0 spiro atoms. The number of nitrogen functional groups attached to an aromatic ring is 1. The normalized spacial score (nSPS) is 10.7. The maximum Gasteiger partial charge on any atom is 0.316 e. The van der Waals surface area contributed by atoms with Crippen LogP contribution in [0, 0.1) is 17.0 Å². The first-order chi connectivity index (χ1) is 9.88. The molecule has 0 bridgehead atoms. The van der Waals surface area contributed by atoms with Gasteiger partial charge in [0.1, 0.15) is 11.4 Å². The van der Waals surface area contributed by atoms with E-state index in [0.717, 1.165) is 0 Å². The summed E-state index contributed by atoms with van der Waals surface area (Å²) >= 11 is 0. The standard InChI is InChI=1S/C13H15N5O3/c1-7(2)21-10-4-9(5-15-6-10)11-12(18(19)20)8(3)16-13(14)17-11/h4-7H,1-3H3,(H2,14,16,17). The fourth-order valence-corrected chi connectivity index (χ4v) is 1.89. The van der Waals surface area contributed by atoms with Crippen molar-refractivity contribution >= 4 is 11.6 Å². The van der Waals surface area contributed by atoms with Crippen LogP contribution in [-0.2, 0) is 0 Å². The van der Waals surface area contributed by atoms with Crippen molar-refractivity contribution in [2.75, 3.05) is 5.73 Å². The first-order valence-electron chi connectivity index (χ1n) is 6.29. The van der Waals surface area contributed by atoms with Gasteiger partial charge >= 0.3 is 5.69 Å². The molecule has 0 saturated heterocycles. The second-order valence-corrected chi connectivity index (χ2v) is 4.70. The van der Waals surface area contributed by atoms with E-state index in [9.17, 15) is 10.1 Å². The molecule has 2 aromatic rings. The van der Waals surface area contributed by atoms with Crippen LogP contribution in [0.25, 0.3) is 11.3 Å². The van der Waals surface area contributed by atoms with Gasteiger partial charge < -0.3 is 10.5 Å². The van der Waals surface area contributed by atoms with Gasteiger partial charge in [0.2, 0.25) is 5.95 Å². The van der Waals surface area contributed by atoms with Crippen molar-refractivity contribution in [1.29, 1.82) is 0 Å². The highest BCUT2D eigenvalue weighted by Crippen LogP contribution is 2.31. The predicted molar refractivity (Wildman–Crippen MR) is 76.8 cm³/mol. The second-order valence-electron chi connectivity index (χ2n) is 4.70.